The topological polar surface area (TPSA) is 66.6 Å². The maximum absolute atomic E-state index is 13.0. The van der Waals surface area contributed by atoms with E-state index in [1.54, 1.807) is 43.3 Å². The van der Waals surface area contributed by atoms with Gasteiger partial charge in [0, 0.05) is 43.1 Å². The molecular weight excluding hydrogens is 302 g/mol. The van der Waals surface area contributed by atoms with E-state index in [0.29, 0.717) is 17.7 Å². The highest BCUT2D eigenvalue weighted by Crippen LogP contribution is 2.32. The lowest BCUT2D eigenvalue weighted by molar-refractivity contribution is 0.0827. The molecule has 0 fully saturated rings. The van der Waals surface area contributed by atoms with E-state index < -0.39 is 0 Å². The van der Waals surface area contributed by atoms with Crippen LogP contribution in [-0.2, 0) is 6.42 Å². The van der Waals surface area contributed by atoms with Crippen LogP contribution < -0.4 is 10.6 Å². The molecule has 3 rings (SSSR count). The Hall–Kier alpha value is -2.82. The Kier molecular flexibility index (Phi) is 4.25. The zero-order valence-electron chi connectivity index (χ0n) is 14.0. The fourth-order valence-corrected chi connectivity index (χ4v) is 3.06. The standard InChI is InChI=1S/C19H21N3O2/c1-21(2)18(23)13-6-3-7-14(12-13)19(24)22-11-5-8-15-16(20)9-4-10-17(15)22/h3-4,6-7,9-10,12H,5,8,11,20H2,1-2H3. The van der Waals surface area contributed by atoms with Crippen LogP contribution in [0, 0.1) is 0 Å². The van der Waals surface area contributed by atoms with Crippen LogP contribution in [0.4, 0.5) is 11.4 Å². The average Bonchev–Trinajstić information content (AvgIpc) is 2.60. The largest absolute Gasteiger partial charge is 0.398 e. The molecule has 0 radical (unpaired) electrons. The van der Waals surface area contributed by atoms with Crippen molar-refractivity contribution in [3.63, 3.8) is 0 Å². The lowest BCUT2D eigenvalue weighted by atomic mass is 9.98. The molecule has 0 saturated heterocycles. The minimum absolute atomic E-state index is 0.102. The monoisotopic (exact) mass is 323 g/mol. The first-order valence-electron chi connectivity index (χ1n) is 8.00. The zero-order valence-corrected chi connectivity index (χ0v) is 14.0. The van der Waals surface area contributed by atoms with Gasteiger partial charge in [0.15, 0.2) is 0 Å². The number of carbonyl (C=O) groups excluding carboxylic acids is 2. The van der Waals surface area contributed by atoms with E-state index >= 15 is 0 Å². The molecular formula is C19H21N3O2. The van der Waals surface area contributed by atoms with Crippen molar-refractivity contribution in [1.29, 1.82) is 0 Å². The molecule has 5 heteroatoms. The summed E-state index contributed by atoms with van der Waals surface area (Å²) >= 11 is 0. The second-order valence-electron chi connectivity index (χ2n) is 6.19. The lowest BCUT2D eigenvalue weighted by Gasteiger charge is -2.30. The van der Waals surface area contributed by atoms with Crippen LogP contribution in [0.1, 0.15) is 32.7 Å². The summed E-state index contributed by atoms with van der Waals surface area (Å²) in [6, 6.07) is 12.5. The van der Waals surface area contributed by atoms with Crippen LogP contribution >= 0.6 is 0 Å². The number of hydrogen-bond acceptors (Lipinski definition) is 3. The number of nitrogens with zero attached hydrogens (tertiary/aromatic N) is 2. The molecule has 0 bridgehead atoms. The van der Waals surface area contributed by atoms with Gasteiger partial charge in [0.2, 0.25) is 0 Å². The van der Waals surface area contributed by atoms with E-state index in [1.807, 2.05) is 18.2 Å². The Morgan fingerprint density at radius 3 is 2.54 bits per heavy atom. The highest BCUT2D eigenvalue weighted by molar-refractivity contribution is 6.08. The van der Waals surface area contributed by atoms with Crippen LogP contribution in [0.25, 0.3) is 0 Å². The second kappa shape index (κ2) is 6.35. The minimum atomic E-state index is -0.118. The van der Waals surface area contributed by atoms with Gasteiger partial charge in [0.05, 0.1) is 0 Å². The molecule has 0 saturated carbocycles. The minimum Gasteiger partial charge on any atom is -0.398 e. The van der Waals surface area contributed by atoms with Crippen molar-refractivity contribution >= 4 is 23.2 Å². The first kappa shape index (κ1) is 16.1. The molecule has 2 aromatic carbocycles. The summed E-state index contributed by atoms with van der Waals surface area (Å²) in [5, 5.41) is 0. The van der Waals surface area contributed by atoms with Crippen molar-refractivity contribution in [1.82, 2.24) is 4.90 Å². The fraction of sp³-hybridized carbons (Fsp3) is 0.263. The predicted molar refractivity (Wildman–Crippen MR) is 95.3 cm³/mol. The lowest BCUT2D eigenvalue weighted by Crippen LogP contribution is -2.36. The van der Waals surface area contributed by atoms with E-state index in [-0.39, 0.29) is 11.8 Å². The Balaban J connectivity index is 1.96. The van der Waals surface area contributed by atoms with Gasteiger partial charge in [0.1, 0.15) is 0 Å². The highest BCUT2D eigenvalue weighted by Gasteiger charge is 2.25. The zero-order chi connectivity index (χ0) is 17.3. The van der Waals surface area contributed by atoms with Crippen molar-refractivity contribution in [2.45, 2.75) is 12.8 Å². The van der Waals surface area contributed by atoms with Crippen molar-refractivity contribution in [3.8, 4) is 0 Å². The average molecular weight is 323 g/mol. The van der Waals surface area contributed by atoms with Gasteiger partial charge in [0.25, 0.3) is 11.8 Å². The Labute approximate surface area is 141 Å². The van der Waals surface area contributed by atoms with Gasteiger partial charge in [-0.05, 0) is 48.7 Å². The number of fused-ring (bicyclic) bond motifs is 1. The van der Waals surface area contributed by atoms with Crippen molar-refractivity contribution in [3.05, 3.63) is 59.2 Å². The molecule has 24 heavy (non-hydrogen) atoms. The van der Waals surface area contributed by atoms with Crippen LogP contribution in [0.15, 0.2) is 42.5 Å². The summed E-state index contributed by atoms with van der Waals surface area (Å²) in [6.07, 6.45) is 1.76. The van der Waals surface area contributed by atoms with E-state index in [9.17, 15) is 9.59 Å². The molecule has 1 aliphatic rings. The molecule has 0 unspecified atom stereocenters. The fourth-order valence-electron chi connectivity index (χ4n) is 3.06. The number of nitrogens with two attached hydrogens (primary N) is 1. The molecule has 2 amide bonds. The number of carbonyl (C=O) groups is 2. The molecule has 0 atom stereocenters. The predicted octanol–water partition coefficient (Wildman–Crippen LogP) is 2.56. The van der Waals surface area contributed by atoms with Gasteiger partial charge in [-0.1, -0.05) is 12.1 Å². The molecule has 2 N–H and O–H groups in total. The van der Waals surface area contributed by atoms with Gasteiger partial charge in [-0.15, -0.1) is 0 Å². The summed E-state index contributed by atoms with van der Waals surface area (Å²) in [5.74, 6) is -0.220. The Bertz CT molecular complexity index is 799. The van der Waals surface area contributed by atoms with E-state index in [4.69, 9.17) is 5.73 Å². The van der Waals surface area contributed by atoms with Crippen LogP contribution in [0.3, 0.4) is 0 Å². The molecule has 1 aliphatic heterocycles. The van der Waals surface area contributed by atoms with Crippen molar-refractivity contribution in [2.75, 3.05) is 31.3 Å². The number of amides is 2. The highest BCUT2D eigenvalue weighted by atomic mass is 16.2. The molecule has 0 spiro atoms. The van der Waals surface area contributed by atoms with Gasteiger partial charge >= 0.3 is 0 Å². The SMILES string of the molecule is CN(C)C(=O)c1cccc(C(=O)N2CCCc3c(N)cccc32)c1. The van der Waals surface area contributed by atoms with Crippen LogP contribution in [0.5, 0.6) is 0 Å². The maximum atomic E-state index is 13.0. The number of benzene rings is 2. The number of rotatable bonds is 2. The second-order valence-corrected chi connectivity index (χ2v) is 6.19. The van der Waals surface area contributed by atoms with E-state index in [0.717, 1.165) is 29.8 Å². The third kappa shape index (κ3) is 2.85. The molecule has 1 heterocycles. The van der Waals surface area contributed by atoms with E-state index in [1.165, 1.54) is 4.90 Å². The Morgan fingerprint density at radius 2 is 1.79 bits per heavy atom. The molecule has 2 aromatic rings. The van der Waals surface area contributed by atoms with Crippen LogP contribution in [0.2, 0.25) is 0 Å². The summed E-state index contributed by atoms with van der Waals surface area (Å²) in [7, 11) is 3.39. The molecule has 0 aromatic heterocycles. The molecule has 124 valence electrons. The van der Waals surface area contributed by atoms with Gasteiger partial charge in [-0.2, -0.15) is 0 Å². The quantitative estimate of drug-likeness (QED) is 0.864. The van der Waals surface area contributed by atoms with Gasteiger partial charge < -0.3 is 15.5 Å². The normalized spacial score (nSPS) is 13.3. The summed E-state index contributed by atoms with van der Waals surface area (Å²) in [6.45, 7) is 0.654. The van der Waals surface area contributed by atoms with Crippen molar-refractivity contribution < 1.29 is 9.59 Å². The Morgan fingerprint density at radius 1 is 1.08 bits per heavy atom. The van der Waals surface area contributed by atoms with Gasteiger partial charge in [-0.3, -0.25) is 9.59 Å². The van der Waals surface area contributed by atoms with Gasteiger partial charge in [-0.25, -0.2) is 0 Å². The molecule has 5 nitrogen and oxygen atoms in total. The third-order valence-corrected chi connectivity index (χ3v) is 4.29. The summed E-state index contributed by atoms with van der Waals surface area (Å²) < 4.78 is 0. The van der Waals surface area contributed by atoms with Crippen molar-refractivity contribution in [2.24, 2.45) is 0 Å². The third-order valence-electron chi connectivity index (χ3n) is 4.29. The molecule has 0 aliphatic carbocycles. The first-order valence-corrected chi connectivity index (χ1v) is 8.00. The smallest absolute Gasteiger partial charge is 0.258 e. The van der Waals surface area contributed by atoms with Crippen LogP contribution in [-0.4, -0.2) is 37.4 Å². The first-order chi connectivity index (χ1) is 11.5. The number of anilines is 2. The number of hydrogen-bond donors (Lipinski definition) is 1. The van der Waals surface area contributed by atoms with E-state index in [2.05, 4.69) is 0 Å². The summed E-state index contributed by atoms with van der Waals surface area (Å²) in [5.41, 5.74) is 9.69. The maximum Gasteiger partial charge on any atom is 0.258 e. The summed E-state index contributed by atoms with van der Waals surface area (Å²) in [4.78, 5) is 28.4. The number of nitrogen functional groups attached to an aromatic ring is 1.